The zero-order chi connectivity index (χ0) is 16.0. The van der Waals surface area contributed by atoms with Crippen LogP contribution in [0.15, 0.2) is 18.2 Å². The van der Waals surface area contributed by atoms with E-state index >= 15 is 0 Å². The fourth-order valence-corrected chi connectivity index (χ4v) is 2.38. The molecule has 0 radical (unpaired) electrons. The summed E-state index contributed by atoms with van der Waals surface area (Å²) in [5, 5.41) is 0. The van der Waals surface area contributed by atoms with Crippen LogP contribution in [-0.2, 0) is 6.54 Å². The van der Waals surface area contributed by atoms with E-state index in [2.05, 4.69) is 23.6 Å². The molecule has 0 saturated carbocycles. The minimum Gasteiger partial charge on any atom is -0.389 e. The Hall–Kier alpha value is -1.04. The third-order valence-corrected chi connectivity index (χ3v) is 3.44. The largest absolute Gasteiger partial charge is 0.389 e. The van der Waals surface area contributed by atoms with Crippen molar-refractivity contribution in [1.29, 1.82) is 0 Å². The summed E-state index contributed by atoms with van der Waals surface area (Å²) in [5.41, 5.74) is 6.55. The van der Waals surface area contributed by atoms with Crippen LogP contribution in [0.5, 0.6) is 0 Å². The highest BCUT2D eigenvalue weighted by Crippen LogP contribution is 2.16. The molecule has 1 aromatic rings. The molecule has 118 valence electrons. The first-order valence-corrected chi connectivity index (χ1v) is 7.66. The van der Waals surface area contributed by atoms with Crippen LogP contribution in [0.4, 0.5) is 4.39 Å². The number of hydrogen-bond donors (Lipinski definition) is 1. The second-order valence-corrected chi connectivity index (χ2v) is 6.51. The lowest BCUT2D eigenvalue weighted by atomic mass is 10.1. The summed E-state index contributed by atoms with van der Waals surface area (Å²) in [5.74, 6) is 0.248. The number of nitrogens with zero attached hydrogens (tertiary/aromatic N) is 2. The molecule has 0 heterocycles. The number of nitrogens with two attached hydrogens (primary N) is 1. The minimum absolute atomic E-state index is 0.109. The van der Waals surface area contributed by atoms with Crippen LogP contribution in [0.25, 0.3) is 0 Å². The van der Waals surface area contributed by atoms with Crippen molar-refractivity contribution in [2.45, 2.75) is 20.4 Å². The Morgan fingerprint density at radius 1 is 1.29 bits per heavy atom. The maximum absolute atomic E-state index is 14.4. The van der Waals surface area contributed by atoms with Crippen molar-refractivity contribution in [1.82, 2.24) is 9.80 Å². The van der Waals surface area contributed by atoms with Gasteiger partial charge in [-0.15, -0.1) is 0 Å². The van der Waals surface area contributed by atoms with E-state index in [4.69, 9.17) is 18.0 Å². The fourth-order valence-electron chi connectivity index (χ4n) is 2.23. The Morgan fingerprint density at radius 3 is 2.48 bits per heavy atom. The topological polar surface area (TPSA) is 32.5 Å². The van der Waals surface area contributed by atoms with Crippen LogP contribution in [-0.4, -0.2) is 48.5 Å². The Labute approximate surface area is 132 Å². The number of rotatable bonds is 8. The van der Waals surface area contributed by atoms with Gasteiger partial charge in [0.15, 0.2) is 0 Å². The molecule has 0 atom stereocenters. The van der Waals surface area contributed by atoms with E-state index in [1.165, 1.54) is 0 Å². The highest BCUT2D eigenvalue weighted by atomic mass is 32.1. The molecule has 1 rings (SSSR count). The number of likely N-dealkylation sites (N-methyl/N-ethyl adjacent to an activating group) is 1. The second-order valence-electron chi connectivity index (χ2n) is 6.08. The number of hydrogen-bond acceptors (Lipinski definition) is 3. The van der Waals surface area contributed by atoms with Crippen LogP contribution >= 0.6 is 12.2 Å². The Balaban J connectivity index is 2.87. The minimum atomic E-state index is -0.288. The van der Waals surface area contributed by atoms with Crippen LogP contribution in [0.1, 0.15) is 25.0 Å². The summed E-state index contributed by atoms with van der Waals surface area (Å²) in [4.78, 5) is 4.51. The molecule has 0 amide bonds. The second kappa shape index (κ2) is 8.41. The maximum atomic E-state index is 14.4. The molecule has 0 spiro atoms. The zero-order valence-electron chi connectivity index (χ0n) is 13.4. The number of benzene rings is 1. The molecule has 0 unspecified atom stereocenters. The molecular weight excluding hydrogens is 285 g/mol. The van der Waals surface area contributed by atoms with Gasteiger partial charge in [-0.05, 0) is 26.1 Å². The lowest BCUT2D eigenvalue weighted by molar-refractivity contribution is 0.209. The predicted molar refractivity (Wildman–Crippen MR) is 91.0 cm³/mol. The van der Waals surface area contributed by atoms with Gasteiger partial charge < -0.3 is 10.6 Å². The van der Waals surface area contributed by atoms with E-state index < -0.39 is 0 Å². The zero-order valence-corrected chi connectivity index (χ0v) is 14.2. The van der Waals surface area contributed by atoms with Gasteiger partial charge in [-0.1, -0.05) is 38.2 Å². The summed E-state index contributed by atoms with van der Waals surface area (Å²) in [6.07, 6.45) is 0. The molecule has 0 aromatic heterocycles. The quantitative estimate of drug-likeness (QED) is 0.748. The summed E-state index contributed by atoms with van der Waals surface area (Å²) in [6, 6.07) is 5.25. The van der Waals surface area contributed by atoms with Crippen LogP contribution in [0, 0.1) is 11.7 Å². The molecule has 2 N–H and O–H groups in total. The van der Waals surface area contributed by atoms with Gasteiger partial charge in [0.1, 0.15) is 10.8 Å². The van der Waals surface area contributed by atoms with Crippen molar-refractivity contribution < 1.29 is 4.39 Å². The third kappa shape index (κ3) is 6.08. The highest BCUT2D eigenvalue weighted by molar-refractivity contribution is 7.80. The van der Waals surface area contributed by atoms with Crippen LogP contribution in [0.2, 0.25) is 0 Å². The Kier molecular flexibility index (Phi) is 7.22. The van der Waals surface area contributed by atoms with E-state index in [-0.39, 0.29) is 10.8 Å². The van der Waals surface area contributed by atoms with Gasteiger partial charge in [-0.3, -0.25) is 4.90 Å². The van der Waals surface area contributed by atoms with Gasteiger partial charge in [-0.25, -0.2) is 4.39 Å². The molecule has 3 nitrogen and oxygen atoms in total. The Morgan fingerprint density at radius 2 is 1.95 bits per heavy atom. The molecule has 1 aromatic carbocycles. The average molecular weight is 311 g/mol. The molecule has 0 aliphatic heterocycles. The lowest BCUT2D eigenvalue weighted by Crippen LogP contribution is -2.34. The molecule has 0 bridgehead atoms. The maximum Gasteiger partial charge on any atom is 0.137 e. The standard InChI is InChI=1S/C16H26FN3S/c1-12(2)10-20(9-8-19(3)4)11-13-6-5-7-14(15(13)17)16(18)21/h5-7,12H,8-11H2,1-4H3,(H2,18,21). The third-order valence-electron chi connectivity index (χ3n) is 3.22. The highest BCUT2D eigenvalue weighted by Gasteiger charge is 2.14. The van der Waals surface area contributed by atoms with E-state index in [9.17, 15) is 4.39 Å². The van der Waals surface area contributed by atoms with Crippen molar-refractivity contribution in [3.63, 3.8) is 0 Å². The van der Waals surface area contributed by atoms with Crippen molar-refractivity contribution >= 4 is 17.2 Å². The molecule has 0 saturated heterocycles. The van der Waals surface area contributed by atoms with Gasteiger partial charge in [0.2, 0.25) is 0 Å². The molecular formula is C16H26FN3S. The summed E-state index contributed by atoms with van der Waals surface area (Å²) >= 11 is 4.90. The normalized spacial score (nSPS) is 11.6. The van der Waals surface area contributed by atoms with Crippen LogP contribution < -0.4 is 5.73 Å². The van der Waals surface area contributed by atoms with Gasteiger partial charge in [0.25, 0.3) is 0 Å². The van der Waals surface area contributed by atoms with Crippen LogP contribution in [0.3, 0.4) is 0 Å². The fraction of sp³-hybridized carbons (Fsp3) is 0.562. The van der Waals surface area contributed by atoms with E-state index in [1.807, 2.05) is 20.2 Å². The first-order valence-electron chi connectivity index (χ1n) is 7.25. The van der Waals surface area contributed by atoms with Crippen molar-refractivity contribution in [2.75, 3.05) is 33.7 Å². The molecule has 21 heavy (non-hydrogen) atoms. The average Bonchev–Trinajstić information content (AvgIpc) is 2.37. The van der Waals surface area contributed by atoms with E-state index in [0.29, 0.717) is 23.6 Å². The first-order chi connectivity index (χ1) is 9.81. The molecule has 0 aliphatic carbocycles. The predicted octanol–water partition coefficient (Wildman–Crippen LogP) is 2.48. The monoisotopic (exact) mass is 311 g/mol. The molecule has 0 fully saturated rings. The summed E-state index contributed by atoms with van der Waals surface area (Å²) in [7, 11) is 4.09. The molecule has 5 heteroatoms. The van der Waals surface area contributed by atoms with Gasteiger partial charge >= 0.3 is 0 Å². The van der Waals surface area contributed by atoms with Crippen molar-refractivity contribution in [2.24, 2.45) is 11.7 Å². The Bertz CT molecular complexity index is 475. The summed E-state index contributed by atoms with van der Waals surface area (Å²) in [6.45, 7) is 7.71. The summed E-state index contributed by atoms with van der Waals surface area (Å²) < 4.78 is 14.4. The number of thiocarbonyl (C=S) groups is 1. The lowest BCUT2D eigenvalue weighted by Gasteiger charge is -2.26. The number of halogens is 1. The van der Waals surface area contributed by atoms with Gasteiger partial charge in [0, 0.05) is 37.3 Å². The van der Waals surface area contributed by atoms with Gasteiger partial charge in [-0.2, -0.15) is 0 Å². The molecule has 0 aliphatic rings. The SMILES string of the molecule is CC(C)CN(CCN(C)C)Cc1cccc(C(N)=S)c1F. The van der Waals surface area contributed by atoms with E-state index in [0.717, 1.165) is 19.6 Å². The van der Waals surface area contributed by atoms with Gasteiger partial charge in [0.05, 0.1) is 0 Å². The van der Waals surface area contributed by atoms with Crippen molar-refractivity contribution in [3.8, 4) is 0 Å². The first kappa shape index (κ1) is 18.0. The van der Waals surface area contributed by atoms with E-state index in [1.54, 1.807) is 12.1 Å². The smallest absolute Gasteiger partial charge is 0.137 e. The van der Waals surface area contributed by atoms with Crippen molar-refractivity contribution in [3.05, 3.63) is 35.1 Å².